The van der Waals surface area contributed by atoms with E-state index >= 15 is 0 Å². The van der Waals surface area contributed by atoms with Crippen molar-refractivity contribution in [2.75, 3.05) is 6.61 Å². The number of rotatable bonds is 5. The number of halogens is 1. The number of benzene rings is 1. The summed E-state index contributed by atoms with van der Waals surface area (Å²) in [4.78, 5) is 7.26. The molecule has 7 heteroatoms. The Balaban J connectivity index is 3.09. The highest BCUT2D eigenvalue weighted by atomic mass is 79.9. The normalized spacial score (nSPS) is 12.5. The Morgan fingerprint density at radius 3 is 2.47 bits per heavy atom. The Kier molecular flexibility index (Phi) is 5.37. The molecule has 0 unspecified atom stereocenters. The fourth-order valence-corrected chi connectivity index (χ4v) is 2.83. The highest BCUT2D eigenvalue weighted by molar-refractivity contribution is 9.10. The van der Waals surface area contributed by atoms with Crippen LogP contribution in [0.3, 0.4) is 0 Å². The van der Waals surface area contributed by atoms with Gasteiger partial charge in [0.25, 0.3) is 10.0 Å². The van der Waals surface area contributed by atoms with Gasteiger partial charge in [-0.15, -0.1) is 0 Å². The van der Waals surface area contributed by atoms with Crippen LogP contribution in [0.5, 0.6) is 5.75 Å². The van der Waals surface area contributed by atoms with Crippen molar-refractivity contribution in [2.45, 2.75) is 38.2 Å². The van der Waals surface area contributed by atoms with Gasteiger partial charge in [-0.05, 0) is 45.9 Å². The van der Waals surface area contributed by atoms with Crippen LogP contribution in [-0.4, -0.2) is 20.6 Å². The van der Waals surface area contributed by atoms with Gasteiger partial charge in [-0.3, -0.25) is 4.84 Å². The monoisotopic (exact) mass is 351 g/mol. The van der Waals surface area contributed by atoms with Crippen molar-refractivity contribution in [1.82, 2.24) is 4.89 Å². The quantitative estimate of drug-likeness (QED) is 0.828. The third-order valence-corrected chi connectivity index (χ3v) is 3.65. The lowest BCUT2D eigenvalue weighted by atomic mass is 10.2. The molecular weight excluding hydrogens is 334 g/mol. The van der Waals surface area contributed by atoms with Crippen LogP contribution in [0, 0.1) is 0 Å². The van der Waals surface area contributed by atoms with E-state index in [-0.39, 0.29) is 10.6 Å². The van der Waals surface area contributed by atoms with Crippen molar-refractivity contribution in [1.29, 1.82) is 0 Å². The molecule has 1 rings (SSSR count). The van der Waals surface area contributed by atoms with Gasteiger partial charge in [0.2, 0.25) is 0 Å². The lowest BCUT2D eigenvalue weighted by Gasteiger charge is -2.20. The number of hydrogen-bond acceptors (Lipinski definition) is 4. The molecule has 0 aliphatic heterocycles. The van der Waals surface area contributed by atoms with Crippen LogP contribution in [0.4, 0.5) is 0 Å². The van der Waals surface area contributed by atoms with Crippen LogP contribution >= 0.6 is 15.9 Å². The van der Waals surface area contributed by atoms with E-state index in [0.29, 0.717) is 11.1 Å². The summed E-state index contributed by atoms with van der Waals surface area (Å²) in [5, 5.41) is 0. The van der Waals surface area contributed by atoms with Gasteiger partial charge in [-0.1, -0.05) is 20.8 Å². The van der Waals surface area contributed by atoms with Gasteiger partial charge >= 0.3 is 0 Å². The summed E-state index contributed by atoms with van der Waals surface area (Å²) in [6.45, 7) is 7.42. The predicted molar refractivity (Wildman–Crippen MR) is 76.5 cm³/mol. The minimum absolute atomic E-state index is 0.0352. The third kappa shape index (κ3) is 5.10. The maximum absolute atomic E-state index is 12.2. The van der Waals surface area contributed by atoms with Crippen molar-refractivity contribution < 1.29 is 18.0 Å². The molecule has 1 aromatic rings. The largest absolute Gasteiger partial charge is 0.492 e. The fraction of sp³-hybridized carbons (Fsp3) is 0.500. The van der Waals surface area contributed by atoms with E-state index in [1.807, 2.05) is 0 Å². The zero-order chi connectivity index (χ0) is 14.7. The van der Waals surface area contributed by atoms with E-state index in [0.717, 1.165) is 0 Å². The first kappa shape index (κ1) is 16.4. The van der Waals surface area contributed by atoms with Gasteiger partial charge in [0, 0.05) is 4.47 Å². The van der Waals surface area contributed by atoms with E-state index in [1.165, 1.54) is 6.07 Å². The number of sulfonamides is 1. The second-order valence-corrected chi connectivity index (χ2v) is 7.35. The van der Waals surface area contributed by atoms with Crippen LogP contribution in [0.15, 0.2) is 27.6 Å². The summed E-state index contributed by atoms with van der Waals surface area (Å²) in [5.74, 6) is 0.288. The van der Waals surface area contributed by atoms with Crippen LogP contribution in [-0.2, 0) is 14.9 Å². The molecule has 1 aromatic carbocycles. The molecule has 0 spiro atoms. The van der Waals surface area contributed by atoms with Gasteiger partial charge in [0.05, 0.1) is 12.2 Å². The molecule has 19 heavy (non-hydrogen) atoms. The maximum Gasteiger partial charge on any atom is 0.266 e. The molecule has 0 bridgehead atoms. The molecule has 108 valence electrons. The van der Waals surface area contributed by atoms with Gasteiger partial charge in [0.15, 0.2) is 0 Å². The summed E-state index contributed by atoms with van der Waals surface area (Å²) in [5.41, 5.74) is -0.620. The first-order valence-corrected chi connectivity index (χ1v) is 8.05. The minimum atomic E-state index is -3.80. The Morgan fingerprint density at radius 1 is 1.32 bits per heavy atom. The topological polar surface area (TPSA) is 64.6 Å². The maximum atomic E-state index is 12.2. The molecule has 0 saturated heterocycles. The first-order chi connectivity index (χ1) is 8.65. The molecule has 0 saturated carbocycles. The average molecular weight is 352 g/mol. The Bertz CT molecular complexity index is 537. The molecule has 0 aliphatic carbocycles. The average Bonchev–Trinajstić information content (AvgIpc) is 2.28. The second-order valence-electron chi connectivity index (χ2n) is 4.83. The van der Waals surface area contributed by atoms with E-state index in [9.17, 15) is 8.42 Å². The van der Waals surface area contributed by atoms with E-state index in [2.05, 4.69) is 20.8 Å². The van der Waals surface area contributed by atoms with E-state index < -0.39 is 15.6 Å². The summed E-state index contributed by atoms with van der Waals surface area (Å²) in [7, 11) is -3.80. The molecule has 0 heterocycles. The zero-order valence-electron chi connectivity index (χ0n) is 11.4. The lowest BCUT2D eigenvalue weighted by Crippen LogP contribution is -2.33. The first-order valence-electron chi connectivity index (χ1n) is 5.78. The van der Waals surface area contributed by atoms with Crippen molar-refractivity contribution in [3.05, 3.63) is 22.7 Å². The highest BCUT2D eigenvalue weighted by Crippen LogP contribution is 2.27. The van der Waals surface area contributed by atoms with Gasteiger partial charge in [0.1, 0.15) is 10.6 Å². The lowest BCUT2D eigenvalue weighted by molar-refractivity contribution is -0.0358. The molecule has 1 N–H and O–H groups in total. The number of nitrogens with one attached hydrogen (secondary N) is 1. The minimum Gasteiger partial charge on any atom is -0.492 e. The van der Waals surface area contributed by atoms with Crippen LogP contribution in [0.25, 0.3) is 0 Å². The number of hydrogen-bond donors (Lipinski definition) is 1. The Hall–Kier alpha value is -0.630. The summed E-state index contributed by atoms with van der Waals surface area (Å²) in [6, 6.07) is 4.78. The predicted octanol–water partition coefficient (Wildman–Crippen LogP) is 2.86. The van der Waals surface area contributed by atoms with Crippen molar-refractivity contribution in [3.8, 4) is 5.75 Å². The van der Waals surface area contributed by atoms with E-state index in [4.69, 9.17) is 9.57 Å². The van der Waals surface area contributed by atoms with Gasteiger partial charge in [-0.2, -0.15) is 0 Å². The number of ether oxygens (including phenoxy) is 1. The second kappa shape index (κ2) is 6.21. The van der Waals surface area contributed by atoms with Gasteiger partial charge < -0.3 is 4.74 Å². The van der Waals surface area contributed by atoms with Crippen molar-refractivity contribution in [3.63, 3.8) is 0 Å². The molecule has 5 nitrogen and oxygen atoms in total. The Labute approximate surface area is 122 Å². The van der Waals surface area contributed by atoms with Crippen molar-refractivity contribution in [2.24, 2.45) is 0 Å². The molecule has 0 amide bonds. The summed E-state index contributed by atoms with van der Waals surface area (Å²) in [6.07, 6.45) is 0. The third-order valence-electron chi connectivity index (χ3n) is 1.95. The van der Waals surface area contributed by atoms with Crippen molar-refractivity contribution >= 4 is 26.0 Å². The SMILES string of the molecule is CCOc1ccc(Br)cc1S(=O)(=O)NOC(C)(C)C. The van der Waals surface area contributed by atoms with Crippen LogP contribution in [0.2, 0.25) is 0 Å². The standard InChI is InChI=1S/C12H18BrNO4S/c1-5-17-10-7-6-9(13)8-11(10)19(15,16)14-18-12(2,3)4/h6-8,14H,5H2,1-4H3. The van der Waals surface area contributed by atoms with E-state index in [1.54, 1.807) is 39.8 Å². The summed E-state index contributed by atoms with van der Waals surface area (Å²) < 4.78 is 30.3. The smallest absolute Gasteiger partial charge is 0.266 e. The molecule has 0 fully saturated rings. The molecular formula is C12H18BrNO4S. The summed E-state index contributed by atoms with van der Waals surface area (Å²) >= 11 is 3.24. The van der Waals surface area contributed by atoms with Gasteiger partial charge in [-0.25, -0.2) is 8.42 Å². The fourth-order valence-electron chi connectivity index (χ4n) is 1.19. The molecule has 0 radical (unpaired) electrons. The van der Waals surface area contributed by atoms with Crippen LogP contribution < -0.4 is 9.62 Å². The highest BCUT2D eigenvalue weighted by Gasteiger charge is 2.23. The molecule has 0 aliphatic rings. The molecule has 0 aromatic heterocycles. The molecule has 0 atom stereocenters. The zero-order valence-corrected chi connectivity index (χ0v) is 13.8. The Morgan fingerprint density at radius 2 is 1.95 bits per heavy atom. The van der Waals surface area contributed by atoms with Crippen LogP contribution in [0.1, 0.15) is 27.7 Å².